The molecular formula is C17H13BrFN3O2S. The smallest absolute Gasteiger partial charge is 0.251 e. The quantitative estimate of drug-likeness (QED) is 0.654. The molecule has 1 aromatic heterocycles. The highest BCUT2D eigenvalue weighted by Gasteiger charge is 2.10. The highest BCUT2D eigenvalue weighted by molar-refractivity contribution is 9.10. The SMILES string of the molecule is O=C(CCNC(=O)c1ccc(Br)cc1)Nc1nc2ccc(F)cc2s1. The molecule has 0 radical (unpaired) electrons. The molecule has 0 unspecified atom stereocenters. The van der Waals surface area contributed by atoms with Crippen LogP contribution < -0.4 is 10.6 Å². The number of fused-ring (bicyclic) bond motifs is 1. The van der Waals surface area contributed by atoms with Crippen molar-refractivity contribution in [1.82, 2.24) is 10.3 Å². The number of benzene rings is 2. The number of nitrogens with one attached hydrogen (secondary N) is 2. The van der Waals surface area contributed by atoms with E-state index in [1.54, 1.807) is 30.3 Å². The van der Waals surface area contributed by atoms with Crippen LogP contribution in [0, 0.1) is 5.82 Å². The molecule has 0 atom stereocenters. The zero-order chi connectivity index (χ0) is 17.8. The van der Waals surface area contributed by atoms with Crippen molar-refractivity contribution in [2.24, 2.45) is 0 Å². The van der Waals surface area contributed by atoms with Crippen molar-refractivity contribution >= 4 is 54.4 Å². The summed E-state index contributed by atoms with van der Waals surface area (Å²) in [5, 5.41) is 5.76. The summed E-state index contributed by atoms with van der Waals surface area (Å²) in [6.07, 6.45) is 0.118. The Morgan fingerprint density at radius 3 is 2.68 bits per heavy atom. The molecule has 8 heteroatoms. The van der Waals surface area contributed by atoms with Crippen molar-refractivity contribution in [1.29, 1.82) is 0 Å². The average molecular weight is 422 g/mol. The van der Waals surface area contributed by atoms with Gasteiger partial charge >= 0.3 is 0 Å². The molecule has 1 heterocycles. The summed E-state index contributed by atoms with van der Waals surface area (Å²) in [5.41, 5.74) is 1.15. The summed E-state index contributed by atoms with van der Waals surface area (Å²) in [6, 6.07) is 11.2. The van der Waals surface area contributed by atoms with Crippen molar-refractivity contribution < 1.29 is 14.0 Å². The van der Waals surface area contributed by atoms with E-state index in [0.29, 0.717) is 20.9 Å². The van der Waals surface area contributed by atoms with Crippen LogP contribution in [0.2, 0.25) is 0 Å². The summed E-state index contributed by atoms with van der Waals surface area (Å²) in [6.45, 7) is 0.209. The third-order valence-electron chi connectivity index (χ3n) is 3.34. The standard InChI is InChI=1S/C17H13BrFN3O2S/c18-11-3-1-10(2-4-11)16(24)20-8-7-15(23)22-17-21-13-6-5-12(19)9-14(13)25-17/h1-6,9H,7-8H2,(H,20,24)(H,21,22,23). The summed E-state index contributed by atoms with van der Waals surface area (Å²) in [5.74, 6) is -0.851. The molecule has 2 N–H and O–H groups in total. The fourth-order valence-corrected chi connectivity index (χ4v) is 3.30. The molecule has 0 saturated heterocycles. The molecule has 5 nitrogen and oxygen atoms in total. The van der Waals surface area contributed by atoms with Gasteiger partial charge in [0, 0.05) is 23.0 Å². The van der Waals surface area contributed by atoms with Gasteiger partial charge in [-0.2, -0.15) is 0 Å². The van der Waals surface area contributed by atoms with Crippen molar-refractivity contribution in [3.05, 3.63) is 58.3 Å². The molecule has 2 aromatic carbocycles. The van der Waals surface area contributed by atoms with Crippen LogP contribution in [0.5, 0.6) is 0 Å². The Bertz CT molecular complexity index is 927. The van der Waals surface area contributed by atoms with Crippen LogP contribution in [0.25, 0.3) is 10.2 Å². The monoisotopic (exact) mass is 421 g/mol. The summed E-state index contributed by atoms with van der Waals surface area (Å²) < 4.78 is 14.7. The Morgan fingerprint density at radius 2 is 1.92 bits per heavy atom. The topological polar surface area (TPSA) is 71.1 Å². The van der Waals surface area contributed by atoms with E-state index in [4.69, 9.17) is 0 Å². The van der Waals surface area contributed by atoms with Crippen LogP contribution in [0.15, 0.2) is 46.9 Å². The largest absolute Gasteiger partial charge is 0.352 e. The number of thiazole rings is 1. The molecule has 0 saturated carbocycles. The van der Waals surface area contributed by atoms with E-state index in [1.807, 2.05) is 0 Å². The van der Waals surface area contributed by atoms with E-state index in [2.05, 4.69) is 31.5 Å². The summed E-state index contributed by atoms with van der Waals surface area (Å²) >= 11 is 4.51. The van der Waals surface area contributed by atoms with Gasteiger partial charge in [-0.1, -0.05) is 27.3 Å². The first-order chi connectivity index (χ1) is 12.0. The van der Waals surface area contributed by atoms with Gasteiger partial charge in [0.25, 0.3) is 5.91 Å². The van der Waals surface area contributed by atoms with Gasteiger partial charge in [0.05, 0.1) is 10.2 Å². The number of hydrogen-bond donors (Lipinski definition) is 2. The van der Waals surface area contributed by atoms with Gasteiger partial charge in [0.15, 0.2) is 5.13 Å². The van der Waals surface area contributed by atoms with Gasteiger partial charge in [-0.05, 0) is 42.5 Å². The molecule has 3 aromatic rings. The Kier molecular flexibility index (Phi) is 5.40. The number of carbonyl (C=O) groups excluding carboxylic acids is 2. The van der Waals surface area contributed by atoms with Crippen LogP contribution in [0.4, 0.5) is 9.52 Å². The second kappa shape index (κ2) is 7.71. The maximum absolute atomic E-state index is 13.2. The normalized spacial score (nSPS) is 10.6. The maximum atomic E-state index is 13.2. The number of hydrogen-bond acceptors (Lipinski definition) is 4. The molecule has 3 rings (SSSR count). The first-order valence-electron chi connectivity index (χ1n) is 7.41. The van der Waals surface area contributed by atoms with E-state index < -0.39 is 0 Å². The molecule has 0 aliphatic heterocycles. The van der Waals surface area contributed by atoms with E-state index in [0.717, 1.165) is 4.47 Å². The van der Waals surface area contributed by atoms with Gasteiger partial charge in [0.2, 0.25) is 5.91 Å². The van der Waals surface area contributed by atoms with Gasteiger partial charge < -0.3 is 10.6 Å². The molecule has 0 fully saturated rings. The summed E-state index contributed by atoms with van der Waals surface area (Å²) in [7, 11) is 0. The van der Waals surface area contributed by atoms with E-state index in [1.165, 1.54) is 23.5 Å². The van der Waals surface area contributed by atoms with Gasteiger partial charge in [-0.3, -0.25) is 9.59 Å². The predicted octanol–water partition coefficient (Wildman–Crippen LogP) is 3.96. The second-order valence-corrected chi connectivity index (χ2v) is 7.14. The van der Waals surface area contributed by atoms with Gasteiger partial charge in [-0.25, -0.2) is 9.37 Å². The molecular weight excluding hydrogens is 409 g/mol. The number of amides is 2. The number of aromatic nitrogens is 1. The molecule has 128 valence electrons. The minimum atomic E-state index is -0.343. The Morgan fingerprint density at radius 1 is 1.16 bits per heavy atom. The van der Waals surface area contributed by atoms with Crippen molar-refractivity contribution in [3.63, 3.8) is 0 Å². The Labute approximate surface area is 155 Å². The van der Waals surface area contributed by atoms with E-state index in [-0.39, 0.29) is 30.6 Å². The average Bonchev–Trinajstić information content (AvgIpc) is 2.96. The minimum absolute atomic E-state index is 0.118. The highest BCUT2D eigenvalue weighted by Crippen LogP contribution is 2.26. The maximum Gasteiger partial charge on any atom is 0.251 e. The zero-order valence-corrected chi connectivity index (χ0v) is 15.3. The van der Waals surface area contributed by atoms with Crippen LogP contribution >= 0.6 is 27.3 Å². The number of anilines is 1. The summed E-state index contributed by atoms with van der Waals surface area (Å²) in [4.78, 5) is 28.1. The number of halogens is 2. The molecule has 0 aliphatic carbocycles. The number of nitrogens with zero attached hydrogens (tertiary/aromatic N) is 1. The van der Waals surface area contributed by atoms with Crippen molar-refractivity contribution in [2.75, 3.05) is 11.9 Å². The Hall–Kier alpha value is -2.32. The highest BCUT2D eigenvalue weighted by atomic mass is 79.9. The van der Waals surface area contributed by atoms with E-state index in [9.17, 15) is 14.0 Å². The van der Waals surface area contributed by atoms with Gasteiger partial charge in [-0.15, -0.1) is 0 Å². The molecule has 0 spiro atoms. The lowest BCUT2D eigenvalue weighted by Crippen LogP contribution is -2.27. The van der Waals surface area contributed by atoms with Crippen LogP contribution in [-0.4, -0.2) is 23.3 Å². The van der Waals surface area contributed by atoms with Crippen LogP contribution in [-0.2, 0) is 4.79 Å². The lowest BCUT2D eigenvalue weighted by molar-refractivity contribution is -0.116. The fourth-order valence-electron chi connectivity index (χ4n) is 2.13. The number of carbonyl (C=O) groups is 2. The van der Waals surface area contributed by atoms with Gasteiger partial charge in [0.1, 0.15) is 5.82 Å². The minimum Gasteiger partial charge on any atom is -0.352 e. The molecule has 0 bridgehead atoms. The lowest BCUT2D eigenvalue weighted by atomic mass is 10.2. The lowest BCUT2D eigenvalue weighted by Gasteiger charge is -2.05. The zero-order valence-electron chi connectivity index (χ0n) is 12.9. The fraction of sp³-hybridized carbons (Fsp3) is 0.118. The first-order valence-corrected chi connectivity index (χ1v) is 9.02. The Balaban J connectivity index is 1.50. The van der Waals surface area contributed by atoms with Crippen LogP contribution in [0.1, 0.15) is 16.8 Å². The number of rotatable bonds is 5. The third-order valence-corrected chi connectivity index (χ3v) is 4.80. The van der Waals surface area contributed by atoms with Crippen molar-refractivity contribution in [2.45, 2.75) is 6.42 Å². The molecule has 25 heavy (non-hydrogen) atoms. The first kappa shape index (κ1) is 17.5. The van der Waals surface area contributed by atoms with E-state index >= 15 is 0 Å². The predicted molar refractivity (Wildman–Crippen MR) is 99.3 cm³/mol. The van der Waals surface area contributed by atoms with Crippen molar-refractivity contribution in [3.8, 4) is 0 Å². The third kappa shape index (κ3) is 4.61. The molecule has 0 aliphatic rings. The van der Waals surface area contributed by atoms with Crippen LogP contribution in [0.3, 0.4) is 0 Å². The molecule has 2 amide bonds. The second-order valence-electron chi connectivity index (χ2n) is 5.19.